The van der Waals surface area contributed by atoms with Crippen LogP contribution in [-0.4, -0.2) is 11.1 Å². The first-order chi connectivity index (χ1) is 8.50. The van der Waals surface area contributed by atoms with Crippen LogP contribution in [0.4, 0.5) is 8.78 Å². The lowest BCUT2D eigenvalue weighted by molar-refractivity contribution is -0.137. The van der Waals surface area contributed by atoms with E-state index in [-0.39, 0.29) is 29.4 Å². The lowest BCUT2D eigenvalue weighted by atomic mass is 9.98. The predicted molar refractivity (Wildman–Crippen MR) is 59.9 cm³/mol. The van der Waals surface area contributed by atoms with E-state index in [1.807, 2.05) is 0 Å². The average Bonchev–Trinajstić information content (AvgIpc) is 2.75. The molecule has 2 aromatic rings. The van der Waals surface area contributed by atoms with Crippen molar-refractivity contribution in [3.63, 3.8) is 0 Å². The standard InChI is InChI=1S/C12H11F2NO3/c13-7-5-8(14)12-6(3-4-18-12)11(7)9(15)1-2-10(16)17/h3-5,9H,1-2,15H2,(H,16,17). The third-order valence-electron chi connectivity index (χ3n) is 2.72. The molecule has 3 N–H and O–H groups in total. The number of nitrogens with two attached hydrogens (primary N) is 1. The van der Waals surface area contributed by atoms with Crippen LogP contribution in [0.25, 0.3) is 11.0 Å². The third kappa shape index (κ3) is 2.19. The highest BCUT2D eigenvalue weighted by molar-refractivity contribution is 5.82. The minimum Gasteiger partial charge on any atom is -0.481 e. The van der Waals surface area contributed by atoms with Gasteiger partial charge < -0.3 is 15.3 Å². The van der Waals surface area contributed by atoms with Crippen molar-refractivity contribution in [2.45, 2.75) is 18.9 Å². The number of carbonyl (C=O) groups is 1. The zero-order chi connectivity index (χ0) is 13.3. The Morgan fingerprint density at radius 2 is 2.17 bits per heavy atom. The first-order valence-electron chi connectivity index (χ1n) is 5.33. The Morgan fingerprint density at radius 1 is 1.44 bits per heavy atom. The highest BCUT2D eigenvalue weighted by Crippen LogP contribution is 2.31. The first-order valence-corrected chi connectivity index (χ1v) is 5.33. The molecule has 1 atom stereocenters. The van der Waals surface area contributed by atoms with Crippen LogP contribution in [0.3, 0.4) is 0 Å². The molecule has 1 heterocycles. The monoisotopic (exact) mass is 255 g/mol. The van der Waals surface area contributed by atoms with Crippen LogP contribution in [0.15, 0.2) is 22.8 Å². The van der Waals surface area contributed by atoms with E-state index in [4.69, 9.17) is 15.3 Å². The summed E-state index contributed by atoms with van der Waals surface area (Å²) in [6.07, 6.45) is 1.12. The van der Waals surface area contributed by atoms with Gasteiger partial charge >= 0.3 is 5.97 Å². The lowest BCUT2D eigenvalue weighted by Gasteiger charge is -2.13. The van der Waals surface area contributed by atoms with Gasteiger partial charge in [-0.15, -0.1) is 0 Å². The molecular formula is C12H11F2NO3. The number of carboxylic acid groups (broad SMARTS) is 1. The summed E-state index contributed by atoms with van der Waals surface area (Å²) in [5.74, 6) is -2.61. The second-order valence-electron chi connectivity index (χ2n) is 3.96. The summed E-state index contributed by atoms with van der Waals surface area (Å²) in [7, 11) is 0. The molecule has 1 aromatic carbocycles. The number of furan rings is 1. The summed E-state index contributed by atoms with van der Waals surface area (Å²) in [6, 6.07) is 1.29. The molecule has 0 bridgehead atoms. The quantitative estimate of drug-likeness (QED) is 0.880. The Labute approximate surface area is 101 Å². The molecule has 0 saturated carbocycles. The Bertz CT molecular complexity index is 594. The molecule has 0 fully saturated rings. The number of hydrogen-bond acceptors (Lipinski definition) is 3. The first kappa shape index (κ1) is 12.5. The fourth-order valence-electron chi connectivity index (χ4n) is 1.89. The maximum Gasteiger partial charge on any atom is 0.303 e. The SMILES string of the molecule is NC(CCC(=O)O)c1c(F)cc(F)c2occc12. The van der Waals surface area contributed by atoms with Gasteiger partial charge in [-0.05, 0) is 12.5 Å². The summed E-state index contributed by atoms with van der Waals surface area (Å²) >= 11 is 0. The van der Waals surface area contributed by atoms with Gasteiger partial charge in [-0.1, -0.05) is 0 Å². The van der Waals surface area contributed by atoms with Gasteiger partial charge in [0.15, 0.2) is 11.4 Å². The fraction of sp³-hybridized carbons (Fsp3) is 0.250. The van der Waals surface area contributed by atoms with Crippen molar-refractivity contribution in [1.29, 1.82) is 0 Å². The molecule has 0 radical (unpaired) electrons. The van der Waals surface area contributed by atoms with Crippen LogP contribution in [-0.2, 0) is 4.79 Å². The van der Waals surface area contributed by atoms with Crippen molar-refractivity contribution < 1.29 is 23.1 Å². The minimum absolute atomic E-state index is 0.0676. The van der Waals surface area contributed by atoms with E-state index in [0.717, 1.165) is 0 Å². The van der Waals surface area contributed by atoms with Crippen molar-refractivity contribution in [1.82, 2.24) is 0 Å². The van der Waals surface area contributed by atoms with E-state index in [0.29, 0.717) is 6.07 Å². The number of fused-ring (bicyclic) bond motifs is 1. The minimum atomic E-state index is -1.02. The van der Waals surface area contributed by atoms with Gasteiger partial charge in [0.1, 0.15) is 5.82 Å². The van der Waals surface area contributed by atoms with Crippen molar-refractivity contribution in [2.24, 2.45) is 5.73 Å². The summed E-state index contributed by atoms with van der Waals surface area (Å²) in [6.45, 7) is 0. The number of halogens is 2. The van der Waals surface area contributed by atoms with Gasteiger partial charge in [-0.2, -0.15) is 0 Å². The zero-order valence-electron chi connectivity index (χ0n) is 9.32. The Hall–Kier alpha value is -1.95. The van der Waals surface area contributed by atoms with Gasteiger partial charge in [-0.25, -0.2) is 8.78 Å². The van der Waals surface area contributed by atoms with E-state index in [1.54, 1.807) is 0 Å². The predicted octanol–water partition coefficient (Wildman–Crippen LogP) is 2.58. The van der Waals surface area contributed by atoms with E-state index < -0.39 is 23.6 Å². The lowest BCUT2D eigenvalue weighted by Crippen LogP contribution is -2.14. The van der Waals surface area contributed by atoms with E-state index in [9.17, 15) is 13.6 Å². The molecule has 0 amide bonds. The number of hydrogen-bond donors (Lipinski definition) is 2. The molecule has 96 valence electrons. The van der Waals surface area contributed by atoms with Crippen LogP contribution in [0, 0.1) is 11.6 Å². The molecule has 18 heavy (non-hydrogen) atoms. The number of benzene rings is 1. The normalized spacial score (nSPS) is 12.8. The maximum atomic E-state index is 13.7. The summed E-state index contributed by atoms with van der Waals surface area (Å²) in [5.41, 5.74) is 5.76. The molecular weight excluding hydrogens is 244 g/mol. The van der Waals surface area contributed by atoms with Crippen molar-refractivity contribution >= 4 is 16.9 Å². The molecule has 0 aliphatic heterocycles. The van der Waals surface area contributed by atoms with E-state index >= 15 is 0 Å². The molecule has 0 aliphatic carbocycles. The molecule has 0 saturated heterocycles. The Balaban J connectivity index is 2.43. The second kappa shape index (κ2) is 4.73. The van der Waals surface area contributed by atoms with Crippen LogP contribution < -0.4 is 5.73 Å². The largest absolute Gasteiger partial charge is 0.481 e. The van der Waals surface area contributed by atoms with Gasteiger partial charge in [0.05, 0.1) is 6.26 Å². The molecule has 1 aromatic heterocycles. The third-order valence-corrected chi connectivity index (χ3v) is 2.72. The van der Waals surface area contributed by atoms with Crippen molar-refractivity contribution in [3.8, 4) is 0 Å². The summed E-state index contributed by atoms with van der Waals surface area (Å²) in [5, 5.41) is 8.81. The Morgan fingerprint density at radius 3 is 2.83 bits per heavy atom. The average molecular weight is 255 g/mol. The molecule has 0 spiro atoms. The number of rotatable bonds is 4. The fourth-order valence-corrected chi connectivity index (χ4v) is 1.89. The molecule has 2 rings (SSSR count). The van der Waals surface area contributed by atoms with Gasteiger partial charge in [0, 0.05) is 29.5 Å². The highest BCUT2D eigenvalue weighted by Gasteiger charge is 2.20. The number of carboxylic acids is 1. The second-order valence-corrected chi connectivity index (χ2v) is 3.96. The maximum absolute atomic E-state index is 13.7. The van der Waals surface area contributed by atoms with Crippen LogP contribution in [0.1, 0.15) is 24.4 Å². The van der Waals surface area contributed by atoms with Crippen LogP contribution in [0.5, 0.6) is 0 Å². The zero-order valence-corrected chi connectivity index (χ0v) is 9.32. The highest BCUT2D eigenvalue weighted by atomic mass is 19.1. The Kier molecular flexibility index (Phi) is 3.29. The smallest absolute Gasteiger partial charge is 0.303 e. The topological polar surface area (TPSA) is 76.5 Å². The van der Waals surface area contributed by atoms with Gasteiger partial charge in [-0.3, -0.25) is 4.79 Å². The van der Waals surface area contributed by atoms with Crippen LogP contribution >= 0.6 is 0 Å². The molecule has 6 heteroatoms. The van der Waals surface area contributed by atoms with Gasteiger partial charge in [0.2, 0.25) is 0 Å². The molecule has 1 unspecified atom stereocenters. The van der Waals surface area contributed by atoms with Crippen molar-refractivity contribution in [2.75, 3.05) is 0 Å². The van der Waals surface area contributed by atoms with E-state index in [2.05, 4.69) is 0 Å². The van der Waals surface area contributed by atoms with Gasteiger partial charge in [0.25, 0.3) is 0 Å². The van der Waals surface area contributed by atoms with Crippen LogP contribution in [0.2, 0.25) is 0 Å². The summed E-state index contributed by atoms with van der Waals surface area (Å²) in [4.78, 5) is 10.5. The molecule has 0 aliphatic rings. The number of aliphatic carboxylic acids is 1. The van der Waals surface area contributed by atoms with Crippen molar-refractivity contribution in [3.05, 3.63) is 35.6 Å². The van der Waals surface area contributed by atoms with E-state index in [1.165, 1.54) is 12.3 Å². The summed E-state index contributed by atoms with van der Waals surface area (Å²) < 4.78 is 32.0. The molecule has 4 nitrogen and oxygen atoms in total.